The molecule has 1 atom stereocenters. The molecule has 0 aromatic heterocycles. The van der Waals surface area contributed by atoms with Crippen molar-refractivity contribution in [2.75, 3.05) is 11.4 Å². The van der Waals surface area contributed by atoms with E-state index in [4.69, 9.17) is 9.84 Å². The first-order valence-electron chi connectivity index (χ1n) is 9.61. The Labute approximate surface area is 165 Å². The third kappa shape index (κ3) is 4.01. The van der Waals surface area contributed by atoms with Crippen molar-refractivity contribution >= 4 is 11.7 Å². The Morgan fingerprint density at radius 3 is 2.43 bits per heavy atom. The van der Waals surface area contributed by atoms with Crippen LogP contribution >= 0.6 is 0 Å². The summed E-state index contributed by atoms with van der Waals surface area (Å²) in [5.41, 5.74) is 3.21. The van der Waals surface area contributed by atoms with Gasteiger partial charge in [0.25, 0.3) is 0 Å². The number of carboxylic acid groups (broad SMARTS) is 1. The monoisotopic (exact) mass is 373 g/mol. The van der Waals surface area contributed by atoms with Crippen molar-refractivity contribution in [3.8, 4) is 22.6 Å². The number of para-hydroxylation sites is 1. The lowest BCUT2D eigenvalue weighted by Gasteiger charge is -2.25. The summed E-state index contributed by atoms with van der Waals surface area (Å²) < 4.78 is 6.16. The molecule has 0 unspecified atom stereocenters. The van der Waals surface area contributed by atoms with Gasteiger partial charge in [0.1, 0.15) is 11.5 Å². The smallest absolute Gasteiger partial charge is 0.305 e. The molecular formula is C24H23NO3. The molecule has 0 spiro atoms. The quantitative estimate of drug-likeness (QED) is 0.612. The SMILES string of the molecule is O=C(O)C[C@@H]1CCCN1c1ccc(Oc2ccccc2-c2ccccc2)cc1. The molecule has 1 aliphatic heterocycles. The largest absolute Gasteiger partial charge is 0.481 e. The Morgan fingerprint density at radius 1 is 0.964 bits per heavy atom. The standard InChI is InChI=1S/C24H23NO3/c26-24(27)17-20-9-6-16-25(20)19-12-14-21(15-13-19)28-23-11-5-4-10-22(23)18-7-2-1-3-8-18/h1-5,7-8,10-15,20H,6,9,16-17H2,(H,26,27)/t20-/m0/s1. The number of ether oxygens (including phenoxy) is 1. The van der Waals surface area contributed by atoms with Crippen LogP contribution in [-0.2, 0) is 4.79 Å². The fourth-order valence-electron chi connectivity index (χ4n) is 3.83. The van der Waals surface area contributed by atoms with Crippen LogP contribution in [0.4, 0.5) is 5.69 Å². The molecule has 1 fully saturated rings. The van der Waals surface area contributed by atoms with E-state index in [0.717, 1.165) is 47.7 Å². The number of carbonyl (C=O) groups is 1. The topological polar surface area (TPSA) is 49.8 Å². The van der Waals surface area contributed by atoms with Crippen LogP contribution in [0.1, 0.15) is 19.3 Å². The van der Waals surface area contributed by atoms with E-state index < -0.39 is 5.97 Å². The maximum Gasteiger partial charge on any atom is 0.305 e. The van der Waals surface area contributed by atoms with Crippen LogP contribution in [0.2, 0.25) is 0 Å². The molecule has 1 aliphatic rings. The van der Waals surface area contributed by atoms with Crippen molar-refractivity contribution in [3.05, 3.63) is 78.9 Å². The van der Waals surface area contributed by atoms with Gasteiger partial charge in [0.15, 0.2) is 0 Å². The number of nitrogens with zero attached hydrogens (tertiary/aromatic N) is 1. The van der Waals surface area contributed by atoms with Gasteiger partial charge in [-0.25, -0.2) is 0 Å². The van der Waals surface area contributed by atoms with Crippen LogP contribution in [0.5, 0.6) is 11.5 Å². The molecule has 3 aromatic carbocycles. The zero-order valence-electron chi connectivity index (χ0n) is 15.6. The number of hydrogen-bond donors (Lipinski definition) is 1. The van der Waals surface area contributed by atoms with E-state index in [2.05, 4.69) is 23.1 Å². The summed E-state index contributed by atoms with van der Waals surface area (Å²) in [6.07, 6.45) is 2.14. The van der Waals surface area contributed by atoms with Crippen molar-refractivity contribution in [1.82, 2.24) is 0 Å². The van der Waals surface area contributed by atoms with Gasteiger partial charge in [-0.15, -0.1) is 0 Å². The van der Waals surface area contributed by atoms with Crippen molar-refractivity contribution in [2.24, 2.45) is 0 Å². The molecule has 1 heterocycles. The molecule has 0 aliphatic carbocycles. The molecule has 0 saturated carbocycles. The second-order valence-corrected chi connectivity index (χ2v) is 7.05. The maximum absolute atomic E-state index is 11.1. The first kappa shape index (κ1) is 18.1. The number of hydrogen-bond acceptors (Lipinski definition) is 3. The fraction of sp³-hybridized carbons (Fsp3) is 0.208. The summed E-state index contributed by atoms with van der Waals surface area (Å²) in [6, 6.07) is 26.2. The van der Waals surface area contributed by atoms with Gasteiger partial charge in [0, 0.05) is 23.8 Å². The van der Waals surface area contributed by atoms with Crippen LogP contribution in [-0.4, -0.2) is 23.7 Å². The van der Waals surface area contributed by atoms with E-state index in [0.29, 0.717) is 0 Å². The Kier molecular flexibility index (Phi) is 5.29. The first-order valence-corrected chi connectivity index (χ1v) is 9.61. The molecule has 28 heavy (non-hydrogen) atoms. The van der Waals surface area contributed by atoms with Crippen LogP contribution in [0.25, 0.3) is 11.1 Å². The molecule has 3 aromatic rings. The molecule has 0 radical (unpaired) electrons. The molecular weight excluding hydrogens is 350 g/mol. The molecule has 142 valence electrons. The van der Waals surface area contributed by atoms with Gasteiger partial charge in [-0.2, -0.15) is 0 Å². The van der Waals surface area contributed by atoms with Crippen molar-refractivity contribution in [3.63, 3.8) is 0 Å². The Balaban J connectivity index is 1.53. The average Bonchev–Trinajstić information content (AvgIpc) is 3.17. The van der Waals surface area contributed by atoms with Gasteiger partial charge in [-0.1, -0.05) is 48.5 Å². The maximum atomic E-state index is 11.1. The highest BCUT2D eigenvalue weighted by Gasteiger charge is 2.26. The van der Waals surface area contributed by atoms with E-state index in [1.54, 1.807) is 0 Å². The van der Waals surface area contributed by atoms with Gasteiger partial charge in [-0.05, 0) is 48.7 Å². The second-order valence-electron chi connectivity index (χ2n) is 7.05. The molecule has 1 saturated heterocycles. The highest BCUT2D eigenvalue weighted by molar-refractivity contribution is 5.71. The van der Waals surface area contributed by atoms with E-state index >= 15 is 0 Å². The summed E-state index contributed by atoms with van der Waals surface area (Å²) >= 11 is 0. The molecule has 0 amide bonds. The minimum absolute atomic E-state index is 0.0723. The summed E-state index contributed by atoms with van der Waals surface area (Å²) in [5.74, 6) is 0.835. The van der Waals surface area contributed by atoms with E-state index in [1.807, 2.05) is 60.7 Å². The number of anilines is 1. The molecule has 1 N–H and O–H groups in total. The summed E-state index contributed by atoms with van der Waals surface area (Å²) in [5, 5.41) is 9.12. The van der Waals surface area contributed by atoms with E-state index in [1.165, 1.54) is 0 Å². The van der Waals surface area contributed by atoms with Gasteiger partial charge in [-0.3, -0.25) is 4.79 Å². The third-order valence-corrected chi connectivity index (χ3v) is 5.16. The molecule has 4 rings (SSSR count). The Hall–Kier alpha value is -3.27. The predicted octanol–water partition coefficient (Wildman–Crippen LogP) is 5.59. The lowest BCUT2D eigenvalue weighted by atomic mass is 10.0. The summed E-state index contributed by atoms with van der Waals surface area (Å²) in [4.78, 5) is 13.3. The molecule has 4 heteroatoms. The van der Waals surface area contributed by atoms with E-state index in [9.17, 15) is 4.79 Å². The fourth-order valence-corrected chi connectivity index (χ4v) is 3.83. The zero-order chi connectivity index (χ0) is 19.3. The van der Waals surface area contributed by atoms with Gasteiger partial charge in [0.2, 0.25) is 0 Å². The predicted molar refractivity (Wildman–Crippen MR) is 111 cm³/mol. The molecule has 4 nitrogen and oxygen atoms in total. The van der Waals surface area contributed by atoms with Crippen molar-refractivity contribution < 1.29 is 14.6 Å². The van der Waals surface area contributed by atoms with Crippen molar-refractivity contribution in [2.45, 2.75) is 25.3 Å². The van der Waals surface area contributed by atoms with E-state index in [-0.39, 0.29) is 12.5 Å². The van der Waals surface area contributed by atoms with Gasteiger partial charge in [0.05, 0.1) is 6.42 Å². The molecule has 0 bridgehead atoms. The number of benzene rings is 3. The minimum Gasteiger partial charge on any atom is -0.481 e. The minimum atomic E-state index is -0.741. The van der Waals surface area contributed by atoms with Gasteiger partial charge < -0.3 is 14.7 Å². The van der Waals surface area contributed by atoms with Crippen LogP contribution in [0.15, 0.2) is 78.9 Å². The average molecular weight is 373 g/mol. The van der Waals surface area contributed by atoms with Gasteiger partial charge >= 0.3 is 5.97 Å². The van der Waals surface area contributed by atoms with Crippen molar-refractivity contribution in [1.29, 1.82) is 0 Å². The highest BCUT2D eigenvalue weighted by Crippen LogP contribution is 2.34. The number of carboxylic acids is 1. The highest BCUT2D eigenvalue weighted by atomic mass is 16.5. The third-order valence-electron chi connectivity index (χ3n) is 5.16. The Bertz CT molecular complexity index is 938. The van der Waals surface area contributed by atoms with Crippen LogP contribution < -0.4 is 9.64 Å². The summed E-state index contributed by atoms with van der Waals surface area (Å²) in [6.45, 7) is 0.898. The van der Waals surface area contributed by atoms with Crippen LogP contribution in [0.3, 0.4) is 0 Å². The summed E-state index contributed by atoms with van der Waals surface area (Å²) in [7, 11) is 0. The lowest BCUT2D eigenvalue weighted by molar-refractivity contribution is -0.137. The second kappa shape index (κ2) is 8.17. The number of aliphatic carboxylic acids is 1. The number of rotatable bonds is 6. The zero-order valence-corrected chi connectivity index (χ0v) is 15.6. The first-order chi connectivity index (χ1) is 13.7. The van der Waals surface area contributed by atoms with Crippen LogP contribution in [0, 0.1) is 0 Å². The lowest BCUT2D eigenvalue weighted by Crippen LogP contribution is -2.31. The normalized spacial score (nSPS) is 16.1. The Morgan fingerprint density at radius 2 is 1.68 bits per heavy atom.